The zero-order chi connectivity index (χ0) is 15.4. The third-order valence-electron chi connectivity index (χ3n) is 3.25. The van der Waals surface area contributed by atoms with Gasteiger partial charge in [-0.3, -0.25) is 4.79 Å². The van der Waals surface area contributed by atoms with Crippen molar-refractivity contribution in [3.63, 3.8) is 0 Å². The first-order valence-electron chi connectivity index (χ1n) is 6.77. The summed E-state index contributed by atoms with van der Waals surface area (Å²) < 4.78 is 0. The summed E-state index contributed by atoms with van der Waals surface area (Å²) in [4.78, 5) is 14.1. The largest absolute Gasteiger partial charge is 0.507 e. The second-order valence-corrected chi connectivity index (χ2v) is 5.20. The van der Waals surface area contributed by atoms with Crippen molar-refractivity contribution in [3.8, 4) is 5.75 Å². The Hall–Kier alpha value is -2.55. The van der Waals surface area contributed by atoms with E-state index in [4.69, 9.17) is 0 Å². The highest BCUT2D eigenvalue weighted by Gasteiger charge is 2.08. The SMILES string of the molecule is Cc1ccc(O)c(C(=O)C=Cc2ccc(N(C)C)cc2)c1. The van der Waals surface area contributed by atoms with E-state index in [1.54, 1.807) is 24.3 Å². The molecular weight excluding hydrogens is 262 g/mol. The zero-order valence-electron chi connectivity index (χ0n) is 12.5. The standard InChI is InChI=1S/C18H19NO2/c1-13-4-10-17(20)16(12-13)18(21)11-7-14-5-8-15(9-6-14)19(2)3/h4-12,20H,1-3H3. The first-order valence-corrected chi connectivity index (χ1v) is 6.77. The van der Waals surface area contributed by atoms with Gasteiger partial charge in [-0.05, 0) is 42.8 Å². The van der Waals surface area contributed by atoms with E-state index in [1.165, 1.54) is 6.08 Å². The molecule has 3 heteroatoms. The third-order valence-corrected chi connectivity index (χ3v) is 3.25. The molecule has 2 aromatic rings. The van der Waals surface area contributed by atoms with Crippen molar-refractivity contribution in [2.24, 2.45) is 0 Å². The molecule has 0 saturated carbocycles. The maximum absolute atomic E-state index is 12.1. The molecule has 0 spiro atoms. The lowest BCUT2D eigenvalue weighted by atomic mass is 10.1. The van der Waals surface area contributed by atoms with E-state index in [2.05, 4.69) is 0 Å². The van der Waals surface area contributed by atoms with Crippen LogP contribution in [0.1, 0.15) is 21.5 Å². The van der Waals surface area contributed by atoms with E-state index in [0.29, 0.717) is 5.56 Å². The summed E-state index contributed by atoms with van der Waals surface area (Å²) in [6.45, 7) is 1.89. The number of hydrogen-bond donors (Lipinski definition) is 1. The number of aromatic hydroxyl groups is 1. The molecule has 1 N–H and O–H groups in total. The van der Waals surface area contributed by atoms with Crippen molar-refractivity contribution in [2.45, 2.75) is 6.92 Å². The number of anilines is 1. The number of hydrogen-bond acceptors (Lipinski definition) is 3. The topological polar surface area (TPSA) is 40.5 Å². The number of aryl methyl sites for hydroxylation is 1. The number of carbonyl (C=O) groups excluding carboxylic acids is 1. The quantitative estimate of drug-likeness (QED) is 0.686. The van der Waals surface area contributed by atoms with Crippen LogP contribution in [0.15, 0.2) is 48.5 Å². The van der Waals surface area contributed by atoms with Crippen molar-refractivity contribution in [1.82, 2.24) is 0 Å². The molecule has 2 rings (SSSR count). The number of ketones is 1. The van der Waals surface area contributed by atoms with Crippen molar-refractivity contribution in [2.75, 3.05) is 19.0 Å². The van der Waals surface area contributed by atoms with Crippen LogP contribution in [0.4, 0.5) is 5.69 Å². The Bertz CT molecular complexity index is 670. The molecule has 0 unspecified atom stereocenters. The minimum Gasteiger partial charge on any atom is -0.507 e. The molecule has 0 heterocycles. The summed E-state index contributed by atoms with van der Waals surface area (Å²) in [6, 6.07) is 12.9. The molecule has 0 aromatic heterocycles. The fraction of sp³-hybridized carbons (Fsp3) is 0.167. The molecule has 0 radical (unpaired) electrons. The minimum absolute atomic E-state index is 0.0122. The summed E-state index contributed by atoms with van der Waals surface area (Å²) in [6.07, 6.45) is 3.24. The van der Waals surface area contributed by atoms with Crippen molar-refractivity contribution in [3.05, 3.63) is 65.2 Å². The predicted molar refractivity (Wildman–Crippen MR) is 87.0 cm³/mol. The Kier molecular flexibility index (Phi) is 4.43. The summed E-state index contributed by atoms with van der Waals surface area (Å²) >= 11 is 0. The number of carbonyl (C=O) groups is 1. The predicted octanol–water partition coefficient (Wildman–Crippen LogP) is 3.66. The molecule has 0 aliphatic rings. The van der Waals surface area contributed by atoms with Gasteiger partial charge in [-0.2, -0.15) is 0 Å². The summed E-state index contributed by atoms with van der Waals surface area (Å²) in [5.74, 6) is -0.189. The lowest BCUT2D eigenvalue weighted by Gasteiger charge is -2.11. The monoisotopic (exact) mass is 281 g/mol. The molecule has 108 valence electrons. The van der Waals surface area contributed by atoms with Crippen LogP contribution in [-0.4, -0.2) is 25.0 Å². The van der Waals surface area contributed by atoms with Gasteiger partial charge in [0.2, 0.25) is 0 Å². The van der Waals surface area contributed by atoms with Gasteiger partial charge in [0.05, 0.1) is 5.56 Å². The number of allylic oxidation sites excluding steroid dienone is 1. The summed E-state index contributed by atoms with van der Waals surface area (Å²) in [7, 11) is 3.96. The molecule has 0 saturated heterocycles. The number of phenols is 1. The number of rotatable bonds is 4. The van der Waals surface area contributed by atoms with Crippen LogP contribution in [0.5, 0.6) is 5.75 Å². The second-order valence-electron chi connectivity index (χ2n) is 5.20. The fourth-order valence-electron chi connectivity index (χ4n) is 1.99. The van der Waals surface area contributed by atoms with E-state index >= 15 is 0 Å². The van der Waals surface area contributed by atoms with Gasteiger partial charge >= 0.3 is 0 Å². The highest BCUT2D eigenvalue weighted by atomic mass is 16.3. The highest BCUT2D eigenvalue weighted by molar-refractivity contribution is 6.08. The molecular formula is C18H19NO2. The number of phenolic OH excluding ortho intramolecular Hbond substituents is 1. The molecule has 0 amide bonds. The first-order chi connectivity index (χ1) is 9.97. The Morgan fingerprint density at radius 1 is 1.10 bits per heavy atom. The van der Waals surface area contributed by atoms with Gasteiger partial charge in [-0.1, -0.05) is 29.8 Å². The molecule has 0 atom stereocenters. The summed E-state index contributed by atoms with van der Waals surface area (Å²) in [5.41, 5.74) is 3.33. The van der Waals surface area contributed by atoms with Crippen molar-refractivity contribution < 1.29 is 9.90 Å². The Balaban J connectivity index is 2.16. The Labute approximate surface area is 125 Å². The van der Waals surface area contributed by atoms with Gasteiger partial charge in [0.25, 0.3) is 0 Å². The molecule has 3 nitrogen and oxygen atoms in total. The van der Waals surface area contributed by atoms with Crippen LogP contribution in [0, 0.1) is 6.92 Å². The minimum atomic E-state index is -0.201. The van der Waals surface area contributed by atoms with E-state index in [9.17, 15) is 9.90 Å². The normalized spacial score (nSPS) is 10.8. The first kappa shape index (κ1) is 14.9. The molecule has 2 aromatic carbocycles. The van der Waals surface area contributed by atoms with E-state index in [1.807, 2.05) is 50.2 Å². The second kappa shape index (κ2) is 6.27. The smallest absolute Gasteiger partial charge is 0.189 e. The average Bonchev–Trinajstić information content (AvgIpc) is 2.47. The van der Waals surface area contributed by atoms with Gasteiger partial charge in [-0.25, -0.2) is 0 Å². The van der Waals surface area contributed by atoms with Crippen LogP contribution in [0.2, 0.25) is 0 Å². The Morgan fingerprint density at radius 3 is 2.38 bits per heavy atom. The lowest BCUT2D eigenvalue weighted by molar-refractivity contribution is 0.104. The summed E-state index contributed by atoms with van der Waals surface area (Å²) in [5, 5.41) is 9.74. The van der Waals surface area contributed by atoms with Gasteiger partial charge in [0.15, 0.2) is 5.78 Å². The van der Waals surface area contributed by atoms with Crippen LogP contribution in [0.25, 0.3) is 6.08 Å². The molecule has 0 aliphatic heterocycles. The van der Waals surface area contributed by atoms with Crippen LogP contribution in [-0.2, 0) is 0 Å². The van der Waals surface area contributed by atoms with Crippen LogP contribution in [0.3, 0.4) is 0 Å². The van der Waals surface area contributed by atoms with Gasteiger partial charge in [-0.15, -0.1) is 0 Å². The fourth-order valence-corrected chi connectivity index (χ4v) is 1.99. The van der Waals surface area contributed by atoms with Crippen LogP contribution < -0.4 is 4.90 Å². The molecule has 21 heavy (non-hydrogen) atoms. The zero-order valence-corrected chi connectivity index (χ0v) is 12.5. The molecule has 0 bridgehead atoms. The third kappa shape index (κ3) is 3.72. The van der Waals surface area contributed by atoms with Gasteiger partial charge in [0, 0.05) is 19.8 Å². The van der Waals surface area contributed by atoms with Crippen molar-refractivity contribution in [1.29, 1.82) is 0 Å². The molecule has 0 fully saturated rings. The maximum atomic E-state index is 12.1. The van der Waals surface area contributed by atoms with E-state index < -0.39 is 0 Å². The maximum Gasteiger partial charge on any atom is 0.189 e. The number of nitrogens with zero attached hydrogens (tertiary/aromatic N) is 1. The van der Waals surface area contributed by atoms with Crippen molar-refractivity contribution >= 4 is 17.5 Å². The van der Waals surface area contributed by atoms with Gasteiger partial charge < -0.3 is 10.0 Å². The molecule has 0 aliphatic carbocycles. The average molecular weight is 281 g/mol. The number of benzene rings is 2. The highest BCUT2D eigenvalue weighted by Crippen LogP contribution is 2.20. The van der Waals surface area contributed by atoms with Crippen LogP contribution >= 0.6 is 0 Å². The Morgan fingerprint density at radius 2 is 1.76 bits per heavy atom. The van der Waals surface area contributed by atoms with E-state index in [0.717, 1.165) is 16.8 Å². The van der Waals surface area contributed by atoms with Gasteiger partial charge in [0.1, 0.15) is 5.75 Å². The lowest BCUT2D eigenvalue weighted by Crippen LogP contribution is -2.07. The van der Waals surface area contributed by atoms with E-state index in [-0.39, 0.29) is 11.5 Å².